The molecule has 0 spiro atoms. The number of carbonyl (C=O) groups excluding carboxylic acids is 1. The number of benzene rings is 1. The van der Waals surface area contributed by atoms with E-state index >= 15 is 0 Å². The van der Waals surface area contributed by atoms with Crippen molar-refractivity contribution in [2.75, 3.05) is 6.54 Å². The Bertz CT molecular complexity index is 447. The maximum atomic E-state index is 12.1. The first kappa shape index (κ1) is 16.0. The van der Waals surface area contributed by atoms with Gasteiger partial charge in [0, 0.05) is 18.5 Å². The summed E-state index contributed by atoms with van der Waals surface area (Å²) in [5.41, 5.74) is 8.59. The van der Waals surface area contributed by atoms with Crippen LogP contribution in [0.25, 0.3) is 0 Å². The van der Waals surface area contributed by atoms with E-state index in [4.69, 9.17) is 5.73 Å². The van der Waals surface area contributed by atoms with Crippen molar-refractivity contribution < 1.29 is 4.79 Å². The molecular weight excluding hydrogens is 260 g/mol. The minimum Gasteiger partial charge on any atom is -0.354 e. The Morgan fingerprint density at radius 3 is 2.29 bits per heavy atom. The lowest BCUT2D eigenvalue weighted by molar-refractivity contribution is -0.125. The molecule has 1 atom stereocenters. The summed E-state index contributed by atoms with van der Waals surface area (Å²) in [7, 11) is 0. The van der Waals surface area contributed by atoms with Crippen molar-refractivity contribution in [1.82, 2.24) is 5.32 Å². The highest BCUT2D eigenvalue weighted by molar-refractivity contribution is 5.78. The average molecular weight is 288 g/mol. The summed E-state index contributed by atoms with van der Waals surface area (Å²) in [5, 5.41) is 3.02. The van der Waals surface area contributed by atoms with Crippen molar-refractivity contribution in [2.24, 2.45) is 11.7 Å². The van der Waals surface area contributed by atoms with Crippen LogP contribution in [0.15, 0.2) is 24.3 Å². The van der Waals surface area contributed by atoms with Crippen molar-refractivity contribution in [1.29, 1.82) is 0 Å². The maximum absolute atomic E-state index is 12.1. The number of nitrogens with two attached hydrogens (primary N) is 1. The third-order valence-corrected chi connectivity index (χ3v) is 4.50. The highest BCUT2D eigenvalue weighted by atomic mass is 16.1. The molecule has 0 bridgehead atoms. The second-order valence-corrected chi connectivity index (χ2v) is 6.51. The first-order valence-electron chi connectivity index (χ1n) is 8.21. The van der Waals surface area contributed by atoms with Gasteiger partial charge in [0.2, 0.25) is 5.91 Å². The lowest BCUT2D eigenvalue weighted by Gasteiger charge is -2.22. The maximum Gasteiger partial charge on any atom is 0.223 e. The van der Waals surface area contributed by atoms with Gasteiger partial charge in [-0.1, -0.05) is 57.4 Å². The predicted octanol–water partition coefficient (Wildman–Crippen LogP) is 3.51. The zero-order chi connectivity index (χ0) is 15.2. The van der Waals surface area contributed by atoms with Gasteiger partial charge in [0.1, 0.15) is 0 Å². The fourth-order valence-electron chi connectivity index (χ4n) is 2.97. The van der Waals surface area contributed by atoms with Crippen LogP contribution in [0.2, 0.25) is 0 Å². The molecule has 1 unspecified atom stereocenters. The predicted molar refractivity (Wildman–Crippen MR) is 87.0 cm³/mol. The van der Waals surface area contributed by atoms with Crippen molar-refractivity contribution in [3.05, 3.63) is 35.4 Å². The SMILES string of the molecule is CC(C)c1ccc(C(N)CNC(=O)C2CCCCC2)cc1. The molecule has 0 heterocycles. The van der Waals surface area contributed by atoms with E-state index < -0.39 is 0 Å². The van der Waals surface area contributed by atoms with Gasteiger partial charge in [0.05, 0.1) is 0 Å². The fraction of sp³-hybridized carbons (Fsp3) is 0.611. The van der Waals surface area contributed by atoms with E-state index in [1.165, 1.54) is 24.8 Å². The molecule has 1 aliphatic carbocycles. The molecule has 116 valence electrons. The van der Waals surface area contributed by atoms with Crippen molar-refractivity contribution in [3.8, 4) is 0 Å². The molecule has 0 radical (unpaired) electrons. The molecule has 21 heavy (non-hydrogen) atoms. The van der Waals surface area contributed by atoms with Gasteiger partial charge >= 0.3 is 0 Å². The summed E-state index contributed by atoms with van der Waals surface area (Å²) in [5.74, 6) is 0.916. The summed E-state index contributed by atoms with van der Waals surface area (Å²) in [6.07, 6.45) is 5.70. The summed E-state index contributed by atoms with van der Waals surface area (Å²) in [4.78, 5) is 12.1. The highest BCUT2D eigenvalue weighted by Gasteiger charge is 2.21. The molecule has 3 heteroatoms. The molecule has 3 N–H and O–H groups in total. The number of carbonyl (C=O) groups is 1. The molecular formula is C18H28N2O. The smallest absolute Gasteiger partial charge is 0.223 e. The van der Waals surface area contributed by atoms with Gasteiger partial charge in [-0.2, -0.15) is 0 Å². The fourth-order valence-corrected chi connectivity index (χ4v) is 2.97. The Morgan fingerprint density at radius 2 is 1.71 bits per heavy atom. The van der Waals surface area contributed by atoms with Crippen LogP contribution in [-0.2, 0) is 4.79 Å². The van der Waals surface area contributed by atoms with E-state index in [0.29, 0.717) is 12.5 Å². The quantitative estimate of drug-likeness (QED) is 0.871. The van der Waals surface area contributed by atoms with Crippen LogP contribution in [0.4, 0.5) is 0 Å². The Hall–Kier alpha value is -1.35. The standard InChI is InChI=1S/C18H28N2O/c1-13(2)14-8-10-15(11-9-14)17(19)12-20-18(21)16-6-4-3-5-7-16/h8-11,13,16-17H,3-7,12,19H2,1-2H3,(H,20,21). The van der Waals surface area contributed by atoms with Gasteiger partial charge in [0.15, 0.2) is 0 Å². The highest BCUT2D eigenvalue weighted by Crippen LogP contribution is 2.24. The summed E-state index contributed by atoms with van der Waals surface area (Å²) in [6.45, 7) is 4.88. The zero-order valence-electron chi connectivity index (χ0n) is 13.3. The minimum atomic E-state index is -0.126. The van der Waals surface area contributed by atoms with Gasteiger partial charge in [-0.3, -0.25) is 4.79 Å². The van der Waals surface area contributed by atoms with Crippen molar-refractivity contribution in [2.45, 2.75) is 57.9 Å². The lowest BCUT2D eigenvalue weighted by atomic mass is 9.88. The summed E-state index contributed by atoms with van der Waals surface area (Å²) < 4.78 is 0. The lowest BCUT2D eigenvalue weighted by Crippen LogP contribution is -2.36. The molecule has 2 rings (SSSR count). The van der Waals surface area contributed by atoms with Crippen LogP contribution in [0, 0.1) is 5.92 Å². The third kappa shape index (κ3) is 4.57. The average Bonchev–Trinajstić information content (AvgIpc) is 2.53. The Morgan fingerprint density at radius 1 is 1.14 bits per heavy atom. The number of hydrogen-bond acceptors (Lipinski definition) is 2. The minimum absolute atomic E-state index is 0.126. The molecule has 1 aliphatic rings. The van der Waals surface area contributed by atoms with E-state index in [0.717, 1.165) is 18.4 Å². The molecule has 1 aromatic rings. The molecule has 1 aromatic carbocycles. The summed E-state index contributed by atoms with van der Waals surface area (Å²) >= 11 is 0. The second-order valence-electron chi connectivity index (χ2n) is 6.51. The van der Waals surface area contributed by atoms with Crippen LogP contribution in [-0.4, -0.2) is 12.5 Å². The molecule has 0 saturated heterocycles. The van der Waals surface area contributed by atoms with Crippen molar-refractivity contribution in [3.63, 3.8) is 0 Å². The van der Waals surface area contributed by atoms with Gasteiger partial charge in [-0.15, -0.1) is 0 Å². The van der Waals surface area contributed by atoms with Gasteiger partial charge in [-0.05, 0) is 29.9 Å². The molecule has 1 amide bonds. The van der Waals surface area contributed by atoms with Crippen LogP contribution in [0.1, 0.15) is 69.0 Å². The first-order valence-corrected chi connectivity index (χ1v) is 8.21. The Labute approximate surface area is 128 Å². The monoisotopic (exact) mass is 288 g/mol. The Kier molecular flexibility index (Phi) is 5.80. The largest absolute Gasteiger partial charge is 0.354 e. The number of nitrogens with one attached hydrogen (secondary N) is 1. The van der Waals surface area contributed by atoms with Crippen LogP contribution in [0.3, 0.4) is 0 Å². The van der Waals surface area contributed by atoms with E-state index in [1.807, 2.05) is 0 Å². The van der Waals surface area contributed by atoms with Crippen molar-refractivity contribution >= 4 is 5.91 Å². The van der Waals surface area contributed by atoms with E-state index in [9.17, 15) is 4.79 Å². The molecule has 3 nitrogen and oxygen atoms in total. The van der Waals surface area contributed by atoms with E-state index in [1.54, 1.807) is 0 Å². The normalized spacial score (nSPS) is 17.7. The van der Waals surface area contributed by atoms with Gasteiger partial charge < -0.3 is 11.1 Å². The second kappa shape index (κ2) is 7.60. The van der Waals surface area contributed by atoms with Gasteiger partial charge in [0.25, 0.3) is 0 Å². The zero-order valence-corrected chi connectivity index (χ0v) is 13.3. The third-order valence-electron chi connectivity index (χ3n) is 4.50. The molecule has 1 saturated carbocycles. The molecule has 1 fully saturated rings. The van der Waals surface area contributed by atoms with Crippen LogP contribution in [0.5, 0.6) is 0 Å². The van der Waals surface area contributed by atoms with Crippen LogP contribution >= 0.6 is 0 Å². The molecule has 0 aromatic heterocycles. The first-order chi connectivity index (χ1) is 10.1. The van der Waals surface area contributed by atoms with Crippen LogP contribution < -0.4 is 11.1 Å². The number of amides is 1. The summed E-state index contributed by atoms with van der Waals surface area (Å²) in [6, 6.07) is 8.28. The van der Waals surface area contributed by atoms with E-state index in [-0.39, 0.29) is 17.9 Å². The van der Waals surface area contributed by atoms with Gasteiger partial charge in [-0.25, -0.2) is 0 Å². The van der Waals surface area contributed by atoms with E-state index in [2.05, 4.69) is 43.4 Å². The topological polar surface area (TPSA) is 55.1 Å². The number of rotatable bonds is 5. The number of hydrogen-bond donors (Lipinski definition) is 2. The Balaban J connectivity index is 1.83. The molecule has 0 aliphatic heterocycles.